The molecule has 0 radical (unpaired) electrons. The number of hydrogen-bond donors (Lipinski definition) is 0. The van der Waals surface area contributed by atoms with Crippen molar-refractivity contribution in [3.8, 4) is 11.3 Å². The number of aromatic nitrogens is 2. The Morgan fingerprint density at radius 2 is 1.73 bits per heavy atom. The molecule has 2 aromatic heterocycles. The van der Waals surface area contributed by atoms with Crippen LogP contribution in [0.15, 0.2) is 66.9 Å². The summed E-state index contributed by atoms with van der Waals surface area (Å²) in [5, 5.41) is 1.32. The number of nitrogens with zero attached hydrogens (tertiary/aromatic N) is 2. The number of ether oxygens (including phenoxy) is 1. The van der Waals surface area contributed by atoms with Gasteiger partial charge in [-0.25, -0.2) is 4.79 Å². The lowest BCUT2D eigenvalue weighted by atomic mass is 9.72. The standard InChI is InChI=1S/C37H44N2O2/c1-9-37(10-2)31(19-21-41-36(40)34-15-11-12-20-38(34)8)35-27(7)26(6)25(5)23-30(35)33-18-17-29-28(22-24(3)4)14-13-16-32(29)39(33)37/h11-20,23-24H,9-10,21-22H2,1-8H3/q+2. The van der Waals surface area contributed by atoms with Crippen LogP contribution in [0.5, 0.6) is 0 Å². The minimum absolute atomic E-state index is 0.218. The Morgan fingerprint density at radius 1 is 0.976 bits per heavy atom. The molecule has 0 bridgehead atoms. The molecule has 41 heavy (non-hydrogen) atoms. The van der Waals surface area contributed by atoms with E-state index in [-0.39, 0.29) is 18.1 Å². The SMILES string of the molecule is CCC1(CC)C(=CCOC(=O)c2cccc[n+]2C)c2c(cc(C)c(C)c2C)-c2ccc3c(CC(C)C)cccc3[n+]21. The van der Waals surface area contributed by atoms with Crippen LogP contribution in [-0.2, 0) is 23.7 Å². The third-order valence-electron chi connectivity index (χ3n) is 9.26. The summed E-state index contributed by atoms with van der Waals surface area (Å²) < 4.78 is 10.3. The molecule has 2 aromatic carbocycles. The lowest BCUT2D eigenvalue weighted by molar-refractivity contribution is -0.718. The summed E-state index contributed by atoms with van der Waals surface area (Å²) in [6.07, 6.45) is 6.95. The number of pyridine rings is 2. The molecule has 4 aromatic rings. The molecule has 5 rings (SSSR count). The second kappa shape index (κ2) is 11.2. The fraction of sp³-hybridized carbons (Fsp3) is 0.378. The second-order valence-electron chi connectivity index (χ2n) is 12.0. The minimum Gasteiger partial charge on any atom is -0.453 e. The van der Waals surface area contributed by atoms with E-state index < -0.39 is 0 Å². The lowest BCUT2D eigenvalue weighted by Crippen LogP contribution is -2.60. The molecule has 1 aliphatic heterocycles. The van der Waals surface area contributed by atoms with E-state index >= 15 is 0 Å². The van der Waals surface area contributed by atoms with Crippen molar-refractivity contribution in [1.29, 1.82) is 0 Å². The molecule has 0 amide bonds. The first-order chi connectivity index (χ1) is 19.6. The highest BCUT2D eigenvalue weighted by atomic mass is 16.5. The van der Waals surface area contributed by atoms with Gasteiger partial charge in [0.15, 0.2) is 11.7 Å². The molecule has 0 unspecified atom stereocenters. The van der Waals surface area contributed by atoms with Crippen molar-refractivity contribution in [2.24, 2.45) is 13.0 Å². The predicted octanol–water partition coefficient (Wildman–Crippen LogP) is 7.51. The van der Waals surface area contributed by atoms with E-state index in [1.165, 1.54) is 55.6 Å². The number of allylic oxidation sites excluding steroid dienone is 1. The van der Waals surface area contributed by atoms with Crippen LogP contribution in [0.25, 0.3) is 27.7 Å². The quantitative estimate of drug-likeness (QED) is 0.177. The third kappa shape index (κ3) is 4.77. The molecule has 0 atom stereocenters. The van der Waals surface area contributed by atoms with Gasteiger partial charge in [0.1, 0.15) is 13.7 Å². The number of carbonyl (C=O) groups is 1. The van der Waals surface area contributed by atoms with Crippen LogP contribution in [0.2, 0.25) is 0 Å². The van der Waals surface area contributed by atoms with Crippen molar-refractivity contribution in [2.45, 2.75) is 73.3 Å². The number of carbonyl (C=O) groups excluding carboxylic acids is 1. The van der Waals surface area contributed by atoms with Crippen molar-refractivity contribution in [3.63, 3.8) is 0 Å². The molecule has 0 N–H and O–H groups in total. The molecule has 212 valence electrons. The Balaban J connectivity index is 1.76. The average Bonchev–Trinajstić information content (AvgIpc) is 2.96. The van der Waals surface area contributed by atoms with E-state index in [9.17, 15) is 4.79 Å². The van der Waals surface area contributed by atoms with Gasteiger partial charge in [0.25, 0.3) is 5.69 Å². The van der Waals surface area contributed by atoms with E-state index in [0.29, 0.717) is 11.6 Å². The van der Waals surface area contributed by atoms with Gasteiger partial charge in [-0.2, -0.15) is 9.13 Å². The van der Waals surface area contributed by atoms with Gasteiger partial charge in [0, 0.05) is 53.6 Å². The molecular formula is C37H44N2O2+2. The van der Waals surface area contributed by atoms with Gasteiger partial charge in [0.05, 0.1) is 5.56 Å². The smallest absolute Gasteiger partial charge is 0.403 e. The number of esters is 1. The minimum atomic E-state index is -0.312. The predicted molar refractivity (Wildman–Crippen MR) is 167 cm³/mol. The number of hydrogen-bond acceptors (Lipinski definition) is 2. The fourth-order valence-electron chi connectivity index (χ4n) is 6.88. The first-order valence-corrected chi connectivity index (χ1v) is 15.1. The van der Waals surface area contributed by atoms with Crippen LogP contribution in [-0.4, -0.2) is 12.6 Å². The summed E-state index contributed by atoms with van der Waals surface area (Å²) in [6.45, 7) is 16.1. The topological polar surface area (TPSA) is 34.1 Å². The molecule has 0 spiro atoms. The van der Waals surface area contributed by atoms with Gasteiger partial charge in [-0.3, -0.25) is 0 Å². The largest absolute Gasteiger partial charge is 0.453 e. The molecule has 0 aliphatic carbocycles. The zero-order valence-corrected chi connectivity index (χ0v) is 26.0. The van der Waals surface area contributed by atoms with Crippen molar-refractivity contribution in [1.82, 2.24) is 0 Å². The summed E-state index contributed by atoms with van der Waals surface area (Å²) in [4.78, 5) is 13.0. The highest BCUT2D eigenvalue weighted by molar-refractivity contribution is 5.90. The normalized spacial score (nSPS) is 14.8. The van der Waals surface area contributed by atoms with E-state index in [1.807, 2.05) is 25.4 Å². The molecule has 4 heteroatoms. The first-order valence-electron chi connectivity index (χ1n) is 15.1. The maximum atomic E-state index is 13.0. The van der Waals surface area contributed by atoms with Gasteiger partial charge in [0.2, 0.25) is 11.2 Å². The van der Waals surface area contributed by atoms with E-state index in [2.05, 4.69) is 95.5 Å². The van der Waals surface area contributed by atoms with Gasteiger partial charge in [-0.1, -0.05) is 39.8 Å². The molecule has 1 aliphatic rings. The van der Waals surface area contributed by atoms with Crippen LogP contribution in [0, 0.1) is 26.7 Å². The molecule has 0 fully saturated rings. The fourth-order valence-corrected chi connectivity index (χ4v) is 6.88. The van der Waals surface area contributed by atoms with Crippen molar-refractivity contribution < 1.29 is 18.7 Å². The summed E-state index contributed by atoms with van der Waals surface area (Å²) in [7, 11) is 1.87. The van der Waals surface area contributed by atoms with Crippen LogP contribution >= 0.6 is 0 Å². The monoisotopic (exact) mass is 548 g/mol. The van der Waals surface area contributed by atoms with Gasteiger partial charge in [-0.15, -0.1) is 0 Å². The first kappa shape index (κ1) is 28.7. The Hall–Kier alpha value is -3.79. The van der Waals surface area contributed by atoms with Gasteiger partial charge < -0.3 is 4.74 Å². The lowest BCUT2D eigenvalue weighted by Gasteiger charge is -2.37. The van der Waals surface area contributed by atoms with Gasteiger partial charge in [-0.05, 0) is 79.6 Å². The maximum Gasteiger partial charge on any atom is 0.403 e. The summed E-state index contributed by atoms with van der Waals surface area (Å²) in [6, 6.07) is 19.4. The molecule has 0 saturated heterocycles. The number of rotatable bonds is 7. The Kier molecular flexibility index (Phi) is 7.87. The molecule has 4 nitrogen and oxygen atoms in total. The van der Waals surface area contributed by atoms with Gasteiger partial charge >= 0.3 is 5.97 Å². The zero-order valence-electron chi connectivity index (χ0n) is 26.0. The highest BCUT2D eigenvalue weighted by Crippen LogP contribution is 2.48. The molecule has 0 saturated carbocycles. The van der Waals surface area contributed by atoms with Crippen LogP contribution in [0.4, 0.5) is 0 Å². The van der Waals surface area contributed by atoms with Crippen LogP contribution < -0.4 is 9.13 Å². The third-order valence-corrected chi connectivity index (χ3v) is 9.26. The maximum absolute atomic E-state index is 13.0. The summed E-state index contributed by atoms with van der Waals surface area (Å²) in [5.41, 5.74) is 11.9. The number of fused-ring (bicyclic) bond motifs is 5. The van der Waals surface area contributed by atoms with Crippen LogP contribution in [0.1, 0.15) is 78.8 Å². The van der Waals surface area contributed by atoms with E-state index in [0.717, 1.165) is 19.3 Å². The van der Waals surface area contributed by atoms with E-state index in [4.69, 9.17) is 4.74 Å². The van der Waals surface area contributed by atoms with Crippen molar-refractivity contribution >= 4 is 22.4 Å². The Bertz CT molecular complexity index is 1670. The summed E-state index contributed by atoms with van der Waals surface area (Å²) in [5.74, 6) is 0.266. The second-order valence-corrected chi connectivity index (χ2v) is 12.0. The number of aryl methyl sites for hydroxylation is 2. The van der Waals surface area contributed by atoms with Crippen LogP contribution in [0.3, 0.4) is 0 Å². The Morgan fingerprint density at radius 3 is 2.41 bits per heavy atom. The molecular weight excluding hydrogens is 504 g/mol. The summed E-state index contributed by atoms with van der Waals surface area (Å²) >= 11 is 0. The van der Waals surface area contributed by atoms with E-state index in [1.54, 1.807) is 10.6 Å². The average molecular weight is 549 g/mol. The van der Waals surface area contributed by atoms with Crippen molar-refractivity contribution in [2.75, 3.05) is 6.61 Å². The highest BCUT2D eigenvalue weighted by Gasteiger charge is 2.49. The number of benzene rings is 2. The van der Waals surface area contributed by atoms with Crippen molar-refractivity contribution in [3.05, 3.63) is 100 Å². The molecule has 3 heterocycles. The Labute approximate surface area is 245 Å². The zero-order chi connectivity index (χ0) is 29.5.